The average Bonchev–Trinajstić information content (AvgIpc) is 3.27. The molecule has 2 aromatic carbocycles. The van der Waals surface area contributed by atoms with Crippen molar-refractivity contribution in [3.05, 3.63) is 80.8 Å². The summed E-state index contributed by atoms with van der Waals surface area (Å²) in [5.41, 5.74) is 5.10. The fourth-order valence-electron chi connectivity index (χ4n) is 7.97. The standard InChI is InChI=1S/C35H42BBrN2O6/c1-22(16-24-17-26(37)9-10-30(24)40)8-11-31-32-25(21-44-2)18-28-33(29(32)19-36(43)45-31)35(42)39(34(28)41)27-12-14-38(15-13-27)20-23-6-4-3-5-7-23/h3-7,9-10,16-17,27-29,31,33,40,43H,8,11-15,18-21H2,1-2H3/b22-16+/t28-,29+,31-,33-/m1/s1. The molecule has 3 fully saturated rings. The maximum Gasteiger partial charge on any atom is 0.455 e. The monoisotopic (exact) mass is 676 g/mol. The number of aromatic hydroxyl groups is 1. The molecule has 2 N–H and O–H groups in total. The highest BCUT2D eigenvalue weighted by atomic mass is 79.9. The molecule has 2 amide bonds. The van der Waals surface area contributed by atoms with Crippen LogP contribution >= 0.6 is 15.9 Å². The highest BCUT2D eigenvalue weighted by Crippen LogP contribution is 2.51. The van der Waals surface area contributed by atoms with Gasteiger partial charge in [0.25, 0.3) is 0 Å². The lowest BCUT2D eigenvalue weighted by Crippen LogP contribution is -2.48. The Kier molecular flexibility index (Phi) is 9.97. The maximum absolute atomic E-state index is 14.2. The first-order chi connectivity index (χ1) is 21.7. The number of fused-ring (bicyclic) bond motifs is 3. The van der Waals surface area contributed by atoms with E-state index in [0.717, 1.165) is 59.2 Å². The molecule has 0 saturated carbocycles. The topological polar surface area (TPSA) is 99.5 Å². The molecule has 8 nitrogen and oxygen atoms in total. The second-order valence-corrected chi connectivity index (χ2v) is 13.9. The molecule has 0 unspecified atom stereocenters. The third-order valence-electron chi connectivity index (χ3n) is 10.0. The summed E-state index contributed by atoms with van der Waals surface area (Å²) >= 11 is 3.47. The number of allylic oxidation sites excluding steroid dienone is 1. The molecule has 0 bridgehead atoms. The van der Waals surface area contributed by atoms with Gasteiger partial charge in [0, 0.05) is 42.8 Å². The smallest absolute Gasteiger partial charge is 0.455 e. The minimum absolute atomic E-state index is 0.0655. The summed E-state index contributed by atoms with van der Waals surface area (Å²) in [6.45, 7) is 4.93. The van der Waals surface area contributed by atoms with Crippen LogP contribution in [-0.2, 0) is 25.5 Å². The molecule has 45 heavy (non-hydrogen) atoms. The summed E-state index contributed by atoms with van der Waals surface area (Å²) in [6.07, 6.45) is 5.17. The van der Waals surface area contributed by atoms with Crippen LogP contribution in [-0.4, -0.2) is 77.8 Å². The zero-order valence-corrected chi connectivity index (χ0v) is 27.6. The fourth-order valence-corrected chi connectivity index (χ4v) is 8.35. The summed E-state index contributed by atoms with van der Waals surface area (Å²) < 4.78 is 12.6. The first kappa shape index (κ1) is 32.2. The lowest BCUT2D eigenvalue weighted by Gasteiger charge is -2.43. The van der Waals surface area contributed by atoms with Gasteiger partial charge in [0.15, 0.2) is 0 Å². The van der Waals surface area contributed by atoms with Crippen LogP contribution in [0.3, 0.4) is 0 Å². The minimum atomic E-state index is -1.01. The number of carbonyl (C=O) groups is 2. The van der Waals surface area contributed by atoms with E-state index in [9.17, 15) is 19.7 Å². The van der Waals surface area contributed by atoms with Crippen molar-refractivity contribution in [3.63, 3.8) is 0 Å². The van der Waals surface area contributed by atoms with Crippen molar-refractivity contribution in [1.29, 1.82) is 0 Å². The Hall–Kier alpha value is -2.76. The molecule has 3 aliphatic heterocycles. The quantitative estimate of drug-likeness (QED) is 0.207. The van der Waals surface area contributed by atoms with E-state index in [4.69, 9.17) is 9.39 Å². The van der Waals surface area contributed by atoms with Gasteiger partial charge in [-0.2, -0.15) is 0 Å². The van der Waals surface area contributed by atoms with Gasteiger partial charge in [-0.1, -0.05) is 57.9 Å². The van der Waals surface area contributed by atoms with Crippen LogP contribution in [0.25, 0.3) is 6.08 Å². The van der Waals surface area contributed by atoms with Gasteiger partial charge in [0.2, 0.25) is 11.8 Å². The highest BCUT2D eigenvalue weighted by molar-refractivity contribution is 9.10. The molecule has 0 spiro atoms. The van der Waals surface area contributed by atoms with Gasteiger partial charge < -0.3 is 19.5 Å². The molecule has 6 rings (SSSR count). The second kappa shape index (κ2) is 13.9. The molecular formula is C35H42BBrN2O6. The van der Waals surface area contributed by atoms with Crippen molar-refractivity contribution < 1.29 is 29.1 Å². The number of rotatable bonds is 9. The largest absolute Gasteiger partial charge is 0.507 e. The first-order valence-corrected chi connectivity index (χ1v) is 16.9. The summed E-state index contributed by atoms with van der Waals surface area (Å²) in [5.74, 6) is -1.11. The molecule has 10 heteroatoms. The number of hydrogen-bond donors (Lipinski definition) is 2. The lowest BCUT2D eigenvalue weighted by molar-refractivity contribution is -0.144. The fraction of sp³-hybridized carbons (Fsp3) is 0.486. The lowest BCUT2D eigenvalue weighted by atomic mass is 9.58. The predicted molar refractivity (Wildman–Crippen MR) is 177 cm³/mol. The Morgan fingerprint density at radius 2 is 1.87 bits per heavy atom. The van der Waals surface area contributed by atoms with Gasteiger partial charge in [-0.05, 0) is 86.2 Å². The van der Waals surface area contributed by atoms with Gasteiger partial charge in [0.1, 0.15) is 5.75 Å². The van der Waals surface area contributed by atoms with Crippen LogP contribution in [0.1, 0.15) is 50.2 Å². The van der Waals surface area contributed by atoms with E-state index >= 15 is 0 Å². The van der Waals surface area contributed by atoms with Gasteiger partial charge in [-0.15, -0.1) is 0 Å². The van der Waals surface area contributed by atoms with E-state index in [1.807, 2.05) is 25.1 Å². The zero-order chi connectivity index (χ0) is 31.7. The number of nitrogens with zero attached hydrogens (tertiary/aromatic N) is 2. The number of carbonyl (C=O) groups excluding carboxylic acids is 2. The summed E-state index contributed by atoms with van der Waals surface area (Å²) in [7, 11) is 0.638. The van der Waals surface area contributed by atoms with E-state index in [1.165, 1.54) is 5.56 Å². The van der Waals surface area contributed by atoms with Crippen LogP contribution in [0.4, 0.5) is 0 Å². The summed E-state index contributed by atoms with van der Waals surface area (Å²) in [5, 5.41) is 21.2. The van der Waals surface area contributed by atoms with E-state index in [0.29, 0.717) is 32.2 Å². The molecule has 1 aliphatic carbocycles. The van der Waals surface area contributed by atoms with Crippen LogP contribution in [0.15, 0.2) is 69.7 Å². The van der Waals surface area contributed by atoms with Crippen LogP contribution < -0.4 is 0 Å². The molecule has 3 heterocycles. The number of ether oxygens (including phenoxy) is 1. The van der Waals surface area contributed by atoms with Crippen molar-refractivity contribution in [2.75, 3.05) is 26.8 Å². The molecule has 238 valence electrons. The van der Waals surface area contributed by atoms with Crippen molar-refractivity contribution in [2.24, 2.45) is 17.8 Å². The predicted octanol–water partition coefficient (Wildman–Crippen LogP) is 5.45. The van der Waals surface area contributed by atoms with E-state index in [2.05, 4.69) is 45.1 Å². The van der Waals surface area contributed by atoms with Crippen LogP contribution in [0, 0.1) is 17.8 Å². The molecule has 0 radical (unpaired) electrons. The Labute approximate surface area is 274 Å². The number of methoxy groups -OCH3 is 1. The minimum Gasteiger partial charge on any atom is -0.507 e. The number of piperidine rings is 1. The summed E-state index contributed by atoms with van der Waals surface area (Å²) in [4.78, 5) is 32.1. The van der Waals surface area contributed by atoms with Crippen molar-refractivity contribution in [3.8, 4) is 5.75 Å². The molecule has 4 aliphatic rings. The number of likely N-dealkylation sites (tertiary alicyclic amines) is 2. The number of phenols is 1. The molecule has 3 saturated heterocycles. The van der Waals surface area contributed by atoms with Gasteiger partial charge in [-0.3, -0.25) is 19.4 Å². The molecule has 0 aromatic heterocycles. The average molecular weight is 677 g/mol. The SMILES string of the molecule is COCC1=C2[C@@H](CC/C(C)=C/c3cc(Br)ccc3O)OB(O)C[C@@H]2[C@@H]2C(=O)N(C3CCN(Cc4ccccc4)CC3)C(=O)[C@@H]2C1. The number of amides is 2. The normalized spacial score (nSPS) is 26.4. The van der Waals surface area contributed by atoms with Crippen LogP contribution in [0.5, 0.6) is 5.75 Å². The second-order valence-electron chi connectivity index (χ2n) is 13.0. The molecule has 4 atom stereocenters. The number of halogens is 1. The van der Waals surface area contributed by atoms with Gasteiger partial charge >= 0.3 is 7.12 Å². The maximum atomic E-state index is 14.2. The van der Waals surface area contributed by atoms with Crippen molar-refractivity contribution in [1.82, 2.24) is 9.80 Å². The van der Waals surface area contributed by atoms with Crippen LogP contribution in [0.2, 0.25) is 6.32 Å². The Bertz CT molecular complexity index is 1470. The third-order valence-corrected chi connectivity index (χ3v) is 10.5. The highest BCUT2D eigenvalue weighted by Gasteiger charge is 2.58. The van der Waals surface area contributed by atoms with Crippen molar-refractivity contribution >= 4 is 40.9 Å². The third kappa shape index (κ3) is 6.86. The van der Waals surface area contributed by atoms with E-state index in [-0.39, 0.29) is 35.6 Å². The summed E-state index contributed by atoms with van der Waals surface area (Å²) in [6, 6.07) is 15.6. The van der Waals surface area contributed by atoms with Gasteiger partial charge in [0.05, 0.1) is 24.5 Å². The Morgan fingerprint density at radius 3 is 2.60 bits per heavy atom. The van der Waals surface area contributed by atoms with E-state index < -0.39 is 19.0 Å². The zero-order valence-electron chi connectivity index (χ0n) is 26.0. The molecule has 2 aromatic rings. The Balaban J connectivity index is 1.18. The van der Waals surface area contributed by atoms with E-state index in [1.54, 1.807) is 24.1 Å². The number of phenolic OH excluding ortho intramolecular Hbond substituents is 1. The number of benzene rings is 2. The first-order valence-electron chi connectivity index (χ1n) is 16.1. The van der Waals surface area contributed by atoms with Crippen molar-refractivity contribution in [2.45, 2.75) is 64.0 Å². The molecular weight excluding hydrogens is 635 g/mol. The number of imide groups is 1. The van der Waals surface area contributed by atoms with Gasteiger partial charge in [-0.25, -0.2) is 0 Å². The number of hydrogen-bond acceptors (Lipinski definition) is 7. The Morgan fingerprint density at radius 1 is 1.11 bits per heavy atom.